The maximum Gasteiger partial charge on any atom is 0.237 e. The molecule has 0 radical (unpaired) electrons. The number of aryl methyl sites for hydroxylation is 1. The van der Waals surface area contributed by atoms with Crippen molar-refractivity contribution in [3.05, 3.63) is 40.8 Å². The minimum Gasteiger partial charge on any atom is -0.359 e. The van der Waals surface area contributed by atoms with E-state index in [0.717, 1.165) is 24.9 Å². The molecule has 144 valence electrons. The van der Waals surface area contributed by atoms with Gasteiger partial charge in [-0.3, -0.25) is 19.8 Å². The number of thioether (sulfide) groups is 1. The summed E-state index contributed by atoms with van der Waals surface area (Å²) >= 11 is 1.58. The highest BCUT2D eigenvalue weighted by Crippen LogP contribution is 2.38. The van der Waals surface area contributed by atoms with Crippen molar-refractivity contribution in [2.75, 3.05) is 20.1 Å². The number of likely N-dealkylation sites (tertiary alicyclic amines) is 1. The SMILES string of the molecule is CNC(=O)C1CCCN(C2NC(=O)C3SC=C(c4ccc(C)cc4)C3N2)C1. The summed E-state index contributed by atoms with van der Waals surface area (Å²) in [4.78, 5) is 27.0. The topological polar surface area (TPSA) is 73.5 Å². The molecule has 7 heteroatoms. The van der Waals surface area contributed by atoms with Crippen molar-refractivity contribution in [3.8, 4) is 0 Å². The highest BCUT2D eigenvalue weighted by Gasteiger charge is 2.44. The number of fused-ring (bicyclic) bond motifs is 1. The zero-order valence-corrected chi connectivity index (χ0v) is 16.5. The second-order valence-corrected chi connectivity index (χ2v) is 8.52. The molecule has 1 aromatic rings. The lowest BCUT2D eigenvalue weighted by Gasteiger charge is -2.43. The highest BCUT2D eigenvalue weighted by atomic mass is 32.2. The molecule has 2 saturated heterocycles. The number of nitrogens with one attached hydrogen (secondary N) is 3. The van der Waals surface area contributed by atoms with E-state index in [0.29, 0.717) is 6.54 Å². The number of hydrogen-bond acceptors (Lipinski definition) is 5. The molecule has 2 amide bonds. The average molecular weight is 387 g/mol. The van der Waals surface area contributed by atoms with Gasteiger partial charge < -0.3 is 10.6 Å². The second-order valence-electron chi connectivity index (χ2n) is 7.50. The summed E-state index contributed by atoms with van der Waals surface area (Å²) in [6, 6.07) is 8.43. The van der Waals surface area contributed by atoms with Crippen LogP contribution in [0.15, 0.2) is 29.7 Å². The van der Waals surface area contributed by atoms with Crippen LogP contribution in [0.3, 0.4) is 0 Å². The van der Waals surface area contributed by atoms with E-state index < -0.39 is 0 Å². The van der Waals surface area contributed by atoms with E-state index in [1.54, 1.807) is 18.8 Å². The van der Waals surface area contributed by atoms with E-state index in [4.69, 9.17) is 0 Å². The molecule has 0 bridgehead atoms. The number of benzene rings is 1. The quantitative estimate of drug-likeness (QED) is 0.730. The second kappa shape index (κ2) is 7.66. The Morgan fingerprint density at radius 2 is 2.07 bits per heavy atom. The Bertz CT molecular complexity index is 764. The molecule has 2 fully saturated rings. The third-order valence-corrected chi connectivity index (χ3v) is 6.84. The Morgan fingerprint density at radius 3 is 2.81 bits per heavy atom. The Balaban J connectivity index is 1.51. The van der Waals surface area contributed by atoms with E-state index in [1.165, 1.54) is 11.1 Å². The maximum atomic E-state index is 12.7. The van der Waals surface area contributed by atoms with Crippen molar-refractivity contribution in [1.29, 1.82) is 0 Å². The van der Waals surface area contributed by atoms with Gasteiger partial charge in [0.2, 0.25) is 11.8 Å². The molecule has 4 atom stereocenters. The summed E-state index contributed by atoms with van der Waals surface area (Å²) in [7, 11) is 1.68. The summed E-state index contributed by atoms with van der Waals surface area (Å²) in [6.07, 6.45) is 1.61. The van der Waals surface area contributed by atoms with E-state index >= 15 is 0 Å². The number of nitrogens with zero attached hydrogens (tertiary/aromatic N) is 1. The first-order chi connectivity index (χ1) is 13.1. The Kier molecular flexibility index (Phi) is 5.25. The van der Waals surface area contributed by atoms with Gasteiger partial charge in [-0.15, -0.1) is 11.8 Å². The lowest BCUT2D eigenvalue weighted by Crippen LogP contribution is -2.69. The molecule has 0 saturated carbocycles. The van der Waals surface area contributed by atoms with Gasteiger partial charge in [-0.05, 0) is 36.3 Å². The zero-order valence-electron chi connectivity index (χ0n) is 15.7. The molecule has 3 heterocycles. The average Bonchev–Trinajstić information content (AvgIpc) is 3.12. The van der Waals surface area contributed by atoms with E-state index in [1.807, 2.05) is 0 Å². The van der Waals surface area contributed by atoms with Crippen molar-refractivity contribution in [1.82, 2.24) is 20.9 Å². The fraction of sp³-hybridized carbons (Fsp3) is 0.500. The van der Waals surface area contributed by atoms with Crippen molar-refractivity contribution in [2.45, 2.75) is 37.3 Å². The summed E-state index contributed by atoms with van der Waals surface area (Å²) in [5, 5.41) is 11.5. The van der Waals surface area contributed by atoms with Crippen LogP contribution in [0.5, 0.6) is 0 Å². The van der Waals surface area contributed by atoms with E-state index in [2.05, 4.69) is 57.4 Å². The lowest BCUT2D eigenvalue weighted by atomic mass is 9.94. The van der Waals surface area contributed by atoms with Gasteiger partial charge in [0.1, 0.15) is 11.5 Å². The number of piperidine rings is 1. The summed E-state index contributed by atoms with van der Waals surface area (Å²) < 4.78 is 0. The molecular weight excluding hydrogens is 360 g/mol. The summed E-state index contributed by atoms with van der Waals surface area (Å²) in [6.45, 7) is 3.61. The number of carbonyl (C=O) groups is 2. The van der Waals surface area contributed by atoms with Gasteiger partial charge in [0.05, 0.1) is 12.0 Å². The van der Waals surface area contributed by atoms with Crippen LogP contribution in [0.4, 0.5) is 0 Å². The largest absolute Gasteiger partial charge is 0.359 e. The molecule has 0 aliphatic carbocycles. The van der Waals surface area contributed by atoms with Crippen LogP contribution in [0.25, 0.3) is 5.57 Å². The first-order valence-electron chi connectivity index (χ1n) is 9.51. The van der Waals surface area contributed by atoms with Crippen molar-refractivity contribution in [2.24, 2.45) is 5.92 Å². The van der Waals surface area contributed by atoms with Gasteiger partial charge in [0, 0.05) is 20.1 Å². The number of carbonyl (C=O) groups excluding carboxylic acids is 2. The van der Waals surface area contributed by atoms with E-state index in [-0.39, 0.29) is 35.3 Å². The predicted molar refractivity (Wildman–Crippen MR) is 108 cm³/mol. The molecule has 3 N–H and O–H groups in total. The van der Waals surface area contributed by atoms with Gasteiger partial charge in [-0.1, -0.05) is 29.8 Å². The van der Waals surface area contributed by atoms with Crippen LogP contribution in [0.2, 0.25) is 0 Å². The maximum absolute atomic E-state index is 12.7. The van der Waals surface area contributed by atoms with Crippen LogP contribution in [0.1, 0.15) is 24.0 Å². The Morgan fingerprint density at radius 1 is 1.30 bits per heavy atom. The molecule has 1 aromatic carbocycles. The summed E-state index contributed by atoms with van der Waals surface area (Å²) in [5.74, 6) is 0.121. The van der Waals surface area contributed by atoms with Crippen LogP contribution in [-0.4, -0.2) is 54.4 Å². The standard InChI is InChI=1S/C20H26N4O2S/c1-12-5-7-13(8-6-12)15-11-27-17-16(15)22-20(23-19(17)26)24-9-3-4-14(10-24)18(25)21-2/h5-8,11,14,16-17,20,22H,3-4,9-10H2,1-2H3,(H,21,25)(H,23,26). The predicted octanol–water partition coefficient (Wildman–Crippen LogP) is 1.28. The van der Waals surface area contributed by atoms with Crippen LogP contribution < -0.4 is 16.0 Å². The molecule has 3 aliphatic heterocycles. The third kappa shape index (κ3) is 3.63. The number of hydrogen-bond donors (Lipinski definition) is 3. The smallest absolute Gasteiger partial charge is 0.237 e. The minimum atomic E-state index is -0.237. The lowest BCUT2D eigenvalue weighted by molar-refractivity contribution is -0.128. The number of amides is 2. The van der Waals surface area contributed by atoms with Crippen molar-refractivity contribution >= 4 is 29.1 Å². The van der Waals surface area contributed by atoms with Gasteiger partial charge in [0.25, 0.3) is 0 Å². The fourth-order valence-electron chi connectivity index (χ4n) is 4.13. The van der Waals surface area contributed by atoms with Crippen molar-refractivity contribution < 1.29 is 9.59 Å². The first-order valence-corrected chi connectivity index (χ1v) is 10.5. The minimum absolute atomic E-state index is 0.0168. The van der Waals surface area contributed by atoms with Gasteiger partial charge in [-0.25, -0.2) is 0 Å². The molecule has 0 spiro atoms. The Hall–Kier alpha value is -1.83. The normalized spacial score (nSPS) is 31.0. The molecule has 4 unspecified atom stereocenters. The molecule has 0 aromatic heterocycles. The molecular formula is C20H26N4O2S. The van der Waals surface area contributed by atoms with Crippen molar-refractivity contribution in [3.63, 3.8) is 0 Å². The third-order valence-electron chi connectivity index (χ3n) is 5.67. The summed E-state index contributed by atoms with van der Waals surface area (Å²) in [5.41, 5.74) is 3.55. The van der Waals surface area contributed by atoms with E-state index in [9.17, 15) is 9.59 Å². The van der Waals surface area contributed by atoms with Crippen LogP contribution >= 0.6 is 11.8 Å². The fourth-order valence-corrected chi connectivity index (χ4v) is 5.28. The monoisotopic (exact) mass is 386 g/mol. The van der Waals surface area contributed by atoms with Gasteiger partial charge in [-0.2, -0.15) is 0 Å². The van der Waals surface area contributed by atoms with Gasteiger partial charge in [0.15, 0.2) is 0 Å². The number of rotatable bonds is 3. The van der Waals surface area contributed by atoms with Crippen LogP contribution in [0, 0.1) is 12.8 Å². The molecule has 3 aliphatic rings. The highest BCUT2D eigenvalue weighted by molar-refractivity contribution is 8.04. The zero-order chi connectivity index (χ0) is 19.0. The molecule has 4 rings (SSSR count). The Labute approximate surface area is 164 Å². The first kappa shape index (κ1) is 18.5. The van der Waals surface area contributed by atoms with Gasteiger partial charge >= 0.3 is 0 Å². The van der Waals surface area contributed by atoms with Crippen LogP contribution in [-0.2, 0) is 9.59 Å². The molecule has 6 nitrogen and oxygen atoms in total. The molecule has 27 heavy (non-hydrogen) atoms.